The standard InChI is InChI=1S/C15H26N2O3S.ClH/c1-12(2)17-21(18,19)10-9-16-13(3)11-14-5-7-15(20-4)8-6-14;/h5-8,12-13,16-17H,9-11H2,1-4H3;1H. The molecule has 7 heteroatoms. The number of nitrogens with one attached hydrogen (secondary N) is 2. The second-order valence-electron chi connectivity index (χ2n) is 5.50. The van der Waals surface area contributed by atoms with E-state index >= 15 is 0 Å². The number of hydrogen-bond acceptors (Lipinski definition) is 4. The fraction of sp³-hybridized carbons (Fsp3) is 0.600. The van der Waals surface area contributed by atoms with Crippen molar-refractivity contribution in [1.82, 2.24) is 10.0 Å². The number of benzene rings is 1. The largest absolute Gasteiger partial charge is 0.497 e. The van der Waals surface area contributed by atoms with Crippen LogP contribution < -0.4 is 14.8 Å². The molecule has 0 aliphatic heterocycles. The Bertz CT molecular complexity index is 518. The number of hydrogen-bond donors (Lipinski definition) is 2. The van der Waals surface area contributed by atoms with E-state index in [1.807, 2.05) is 45.0 Å². The van der Waals surface area contributed by atoms with Gasteiger partial charge in [-0.15, -0.1) is 12.4 Å². The Morgan fingerprint density at radius 3 is 2.23 bits per heavy atom. The van der Waals surface area contributed by atoms with Crippen LogP contribution in [0.1, 0.15) is 26.3 Å². The van der Waals surface area contributed by atoms with Crippen molar-refractivity contribution in [2.24, 2.45) is 0 Å². The van der Waals surface area contributed by atoms with Gasteiger partial charge >= 0.3 is 0 Å². The van der Waals surface area contributed by atoms with E-state index in [4.69, 9.17) is 4.74 Å². The van der Waals surface area contributed by atoms with Gasteiger partial charge in [0.15, 0.2) is 0 Å². The maximum atomic E-state index is 11.7. The Morgan fingerprint density at radius 2 is 1.73 bits per heavy atom. The molecule has 0 aliphatic carbocycles. The third-order valence-electron chi connectivity index (χ3n) is 2.98. The zero-order chi connectivity index (χ0) is 15.9. The molecule has 1 atom stereocenters. The highest BCUT2D eigenvalue weighted by Crippen LogP contribution is 2.12. The molecule has 1 rings (SSSR count). The van der Waals surface area contributed by atoms with Gasteiger partial charge in [-0.1, -0.05) is 12.1 Å². The third-order valence-corrected chi connectivity index (χ3v) is 4.55. The Labute approximate surface area is 140 Å². The zero-order valence-corrected chi connectivity index (χ0v) is 15.3. The lowest BCUT2D eigenvalue weighted by atomic mass is 10.1. The summed E-state index contributed by atoms with van der Waals surface area (Å²) in [5.74, 6) is 0.934. The minimum Gasteiger partial charge on any atom is -0.497 e. The average molecular weight is 351 g/mol. The molecule has 22 heavy (non-hydrogen) atoms. The molecule has 0 spiro atoms. The molecule has 0 bridgehead atoms. The van der Waals surface area contributed by atoms with Crippen molar-refractivity contribution in [2.45, 2.75) is 39.3 Å². The van der Waals surface area contributed by atoms with Crippen LogP contribution in [0.5, 0.6) is 5.75 Å². The number of methoxy groups -OCH3 is 1. The van der Waals surface area contributed by atoms with Crippen molar-refractivity contribution in [3.05, 3.63) is 29.8 Å². The fourth-order valence-electron chi connectivity index (χ4n) is 2.05. The Hall–Kier alpha value is -0.820. The van der Waals surface area contributed by atoms with Crippen LogP contribution in [0.4, 0.5) is 0 Å². The molecule has 1 unspecified atom stereocenters. The molecule has 0 saturated carbocycles. The van der Waals surface area contributed by atoms with E-state index in [1.165, 1.54) is 5.56 Å². The maximum Gasteiger partial charge on any atom is 0.213 e. The van der Waals surface area contributed by atoms with Gasteiger partial charge in [-0.05, 0) is 44.9 Å². The van der Waals surface area contributed by atoms with Crippen molar-refractivity contribution < 1.29 is 13.2 Å². The van der Waals surface area contributed by atoms with Crippen LogP contribution in [0, 0.1) is 0 Å². The van der Waals surface area contributed by atoms with Crippen molar-refractivity contribution >= 4 is 22.4 Å². The van der Waals surface area contributed by atoms with Crippen molar-refractivity contribution in [1.29, 1.82) is 0 Å². The zero-order valence-electron chi connectivity index (χ0n) is 13.6. The number of halogens is 1. The number of sulfonamides is 1. The smallest absolute Gasteiger partial charge is 0.213 e. The quantitative estimate of drug-likeness (QED) is 0.714. The molecule has 5 nitrogen and oxygen atoms in total. The van der Waals surface area contributed by atoms with Crippen molar-refractivity contribution in [2.75, 3.05) is 19.4 Å². The molecular formula is C15H27ClN2O3S. The van der Waals surface area contributed by atoms with E-state index in [0.29, 0.717) is 6.54 Å². The van der Waals surface area contributed by atoms with E-state index in [-0.39, 0.29) is 30.2 Å². The first-order valence-electron chi connectivity index (χ1n) is 7.18. The van der Waals surface area contributed by atoms with Crippen molar-refractivity contribution in [3.63, 3.8) is 0 Å². The molecule has 128 valence electrons. The van der Waals surface area contributed by atoms with Crippen LogP contribution in [0.15, 0.2) is 24.3 Å². The number of ether oxygens (including phenoxy) is 1. The topological polar surface area (TPSA) is 67.4 Å². The first-order chi connectivity index (χ1) is 9.82. The van der Waals surface area contributed by atoms with Crippen LogP contribution >= 0.6 is 12.4 Å². The molecule has 0 aromatic heterocycles. The Morgan fingerprint density at radius 1 is 1.14 bits per heavy atom. The summed E-state index contributed by atoms with van der Waals surface area (Å²) < 4.78 is 31.1. The minimum atomic E-state index is -3.19. The lowest BCUT2D eigenvalue weighted by Gasteiger charge is -2.15. The van der Waals surface area contributed by atoms with Gasteiger partial charge in [0.05, 0.1) is 12.9 Å². The summed E-state index contributed by atoms with van der Waals surface area (Å²) in [7, 11) is -1.54. The molecule has 0 heterocycles. The first-order valence-corrected chi connectivity index (χ1v) is 8.84. The van der Waals surface area contributed by atoms with E-state index < -0.39 is 10.0 Å². The summed E-state index contributed by atoms with van der Waals surface area (Å²) >= 11 is 0. The fourth-order valence-corrected chi connectivity index (χ4v) is 3.27. The van der Waals surface area contributed by atoms with Crippen LogP contribution in [-0.4, -0.2) is 39.9 Å². The van der Waals surface area contributed by atoms with Crippen LogP contribution in [0.2, 0.25) is 0 Å². The summed E-state index contributed by atoms with van der Waals surface area (Å²) in [5, 5.41) is 3.24. The lowest BCUT2D eigenvalue weighted by Crippen LogP contribution is -2.38. The Balaban J connectivity index is 0.00000441. The summed E-state index contributed by atoms with van der Waals surface area (Å²) in [5.41, 5.74) is 1.19. The van der Waals surface area contributed by atoms with Crippen LogP contribution in [0.3, 0.4) is 0 Å². The van der Waals surface area contributed by atoms with Crippen LogP contribution in [-0.2, 0) is 16.4 Å². The van der Waals surface area contributed by atoms with Gasteiger partial charge in [-0.3, -0.25) is 0 Å². The second-order valence-corrected chi connectivity index (χ2v) is 7.37. The van der Waals surface area contributed by atoms with E-state index in [1.54, 1.807) is 7.11 Å². The normalized spacial score (nSPS) is 12.8. The summed E-state index contributed by atoms with van der Waals surface area (Å²) in [6.07, 6.45) is 0.849. The molecule has 1 aromatic carbocycles. The lowest BCUT2D eigenvalue weighted by molar-refractivity contribution is 0.414. The van der Waals surface area contributed by atoms with Crippen molar-refractivity contribution in [3.8, 4) is 5.75 Å². The first kappa shape index (κ1) is 21.2. The summed E-state index contributed by atoms with van der Waals surface area (Å²) in [4.78, 5) is 0. The third kappa shape index (κ3) is 8.58. The maximum absolute atomic E-state index is 11.7. The monoisotopic (exact) mass is 350 g/mol. The molecule has 0 radical (unpaired) electrons. The molecule has 1 aromatic rings. The molecular weight excluding hydrogens is 324 g/mol. The average Bonchev–Trinajstić information content (AvgIpc) is 2.37. The van der Waals surface area contributed by atoms with Gasteiger partial charge < -0.3 is 10.1 Å². The van der Waals surface area contributed by atoms with E-state index in [0.717, 1.165) is 12.2 Å². The van der Waals surface area contributed by atoms with Gasteiger partial charge in [0.2, 0.25) is 10.0 Å². The van der Waals surface area contributed by atoms with Gasteiger partial charge in [-0.25, -0.2) is 13.1 Å². The Kier molecular flexibility index (Phi) is 9.67. The summed E-state index contributed by atoms with van der Waals surface area (Å²) in [6, 6.07) is 8.06. The highest BCUT2D eigenvalue weighted by atomic mass is 35.5. The van der Waals surface area contributed by atoms with Gasteiger partial charge in [-0.2, -0.15) is 0 Å². The van der Waals surface area contributed by atoms with Gasteiger partial charge in [0.25, 0.3) is 0 Å². The summed E-state index contributed by atoms with van der Waals surface area (Å²) in [6.45, 7) is 6.13. The van der Waals surface area contributed by atoms with Gasteiger partial charge in [0.1, 0.15) is 5.75 Å². The van der Waals surface area contributed by atoms with Gasteiger partial charge in [0, 0.05) is 18.6 Å². The SMILES string of the molecule is COc1ccc(CC(C)NCCS(=O)(=O)NC(C)C)cc1.Cl. The van der Waals surface area contributed by atoms with Crippen LogP contribution in [0.25, 0.3) is 0 Å². The second kappa shape index (κ2) is 10.0. The molecule has 2 N–H and O–H groups in total. The minimum absolute atomic E-state index is 0. The predicted octanol–water partition coefficient (Wildman–Crippen LogP) is 1.97. The predicted molar refractivity (Wildman–Crippen MR) is 93.5 cm³/mol. The van der Waals surface area contributed by atoms with E-state index in [2.05, 4.69) is 10.0 Å². The molecule has 0 aliphatic rings. The van der Waals surface area contributed by atoms with E-state index in [9.17, 15) is 8.42 Å². The highest BCUT2D eigenvalue weighted by molar-refractivity contribution is 7.89. The molecule has 0 fully saturated rings. The number of rotatable bonds is 9. The molecule has 0 amide bonds. The molecule has 0 saturated heterocycles. The highest BCUT2D eigenvalue weighted by Gasteiger charge is 2.12.